The lowest BCUT2D eigenvalue weighted by Gasteiger charge is -2.36. The molecule has 2 N–H and O–H groups in total. The number of fused-ring (bicyclic) bond motifs is 1. The van der Waals surface area contributed by atoms with Gasteiger partial charge in [0.15, 0.2) is 0 Å². The van der Waals surface area contributed by atoms with Gasteiger partial charge in [-0.05, 0) is 43.4 Å². The van der Waals surface area contributed by atoms with Crippen LogP contribution < -0.4 is 5.73 Å². The quantitative estimate of drug-likeness (QED) is 0.935. The van der Waals surface area contributed by atoms with E-state index in [-0.39, 0.29) is 10.9 Å². The first kappa shape index (κ1) is 16.4. The van der Waals surface area contributed by atoms with Gasteiger partial charge in [-0.3, -0.25) is 4.98 Å². The molecule has 2 aromatic rings. The molecule has 1 aromatic carbocycles. The molecule has 124 valence electrons. The van der Waals surface area contributed by atoms with Crippen LogP contribution in [-0.2, 0) is 10.0 Å². The molecule has 0 spiro atoms. The molecule has 0 amide bonds. The van der Waals surface area contributed by atoms with Gasteiger partial charge in [-0.1, -0.05) is 19.1 Å². The van der Waals surface area contributed by atoms with E-state index in [2.05, 4.69) is 11.9 Å². The summed E-state index contributed by atoms with van der Waals surface area (Å²) in [6.45, 7) is 4.97. The average Bonchev–Trinajstić information content (AvgIpc) is 2.53. The Morgan fingerprint density at radius 2 is 2.17 bits per heavy atom. The van der Waals surface area contributed by atoms with Crippen LogP contribution in [0, 0.1) is 12.8 Å². The number of rotatable bonds is 3. The minimum atomic E-state index is -3.60. The lowest BCUT2D eigenvalue weighted by molar-refractivity contribution is 0.211. The summed E-state index contributed by atoms with van der Waals surface area (Å²) in [5, 5.41) is 0.848. The Kier molecular flexibility index (Phi) is 4.40. The van der Waals surface area contributed by atoms with Gasteiger partial charge < -0.3 is 5.73 Å². The van der Waals surface area contributed by atoms with Gasteiger partial charge in [0.25, 0.3) is 0 Å². The molecule has 1 aliphatic heterocycles. The molecule has 2 atom stereocenters. The molecule has 0 bridgehead atoms. The number of hydrogen-bond acceptors (Lipinski definition) is 4. The molecule has 0 radical (unpaired) electrons. The number of aryl methyl sites for hydroxylation is 1. The van der Waals surface area contributed by atoms with Crippen molar-refractivity contribution in [3.05, 3.63) is 36.0 Å². The lowest BCUT2D eigenvalue weighted by Crippen LogP contribution is -2.49. The number of pyridine rings is 1. The standard InChI is InChI=1S/C17H23N3O2S/c1-12-6-7-20(15(9-12)10-18)23(21,22)16-5-3-4-14-8-13(2)11-19-17(14)16/h3-5,8,11-12,15H,6-7,9-10,18H2,1-2H3. The predicted octanol–water partition coefficient (Wildman–Crippen LogP) is 2.29. The fourth-order valence-corrected chi connectivity index (χ4v) is 5.17. The Morgan fingerprint density at radius 1 is 1.39 bits per heavy atom. The highest BCUT2D eigenvalue weighted by Crippen LogP contribution is 2.30. The highest BCUT2D eigenvalue weighted by molar-refractivity contribution is 7.89. The molecule has 1 saturated heterocycles. The van der Waals surface area contributed by atoms with Gasteiger partial charge in [0, 0.05) is 30.7 Å². The maximum absolute atomic E-state index is 13.2. The van der Waals surface area contributed by atoms with Crippen molar-refractivity contribution >= 4 is 20.9 Å². The molecule has 1 aromatic heterocycles. The summed E-state index contributed by atoms with van der Waals surface area (Å²) in [6.07, 6.45) is 3.39. The van der Waals surface area contributed by atoms with Crippen LogP contribution in [0.25, 0.3) is 10.9 Å². The van der Waals surface area contributed by atoms with Gasteiger partial charge in [0.2, 0.25) is 10.0 Å². The molecule has 3 rings (SSSR count). The van der Waals surface area contributed by atoms with Gasteiger partial charge >= 0.3 is 0 Å². The summed E-state index contributed by atoms with van der Waals surface area (Å²) < 4.78 is 28.0. The van der Waals surface area contributed by atoms with E-state index in [0.717, 1.165) is 23.8 Å². The Balaban J connectivity index is 2.09. The molecule has 1 fully saturated rings. The average molecular weight is 333 g/mol. The van der Waals surface area contributed by atoms with Crippen LogP contribution in [0.1, 0.15) is 25.3 Å². The zero-order chi connectivity index (χ0) is 16.6. The monoisotopic (exact) mass is 333 g/mol. The number of sulfonamides is 1. The van der Waals surface area contributed by atoms with Crippen LogP contribution in [0.3, 0.4) is 0 Å². The van der Waals surface area contributed by atoms with Crippen molar-refractivity contribution in [2.24, 2.45) is 11.7 Å². The molecule has 1 aliphatic rings. The summed E-state index contributed by atoms with van der Waals surface area (Å²) in [6, 6.07) is 7.14. The molecule has 0 saturated carbocycles. The number of benzene rings is 1. The van der Waals surface area contributed by atoms with E-state index >= 15 is 0 Å². The van der Waals surface area contributed by atoms with E-state index in [4.69, 9.17) is 5.73 Å². The van der Waals surface area contributed by atoms with Crippen LogP contribution in [0.5, 0.6) is 0 Å². The first-order chi connectivity index (χ1) is 10.9. The number of aromatic nitrogens is 1. The Morgan fingerprint density at radius 3 is 2.91 bits per heavy atom. The zero-order valence-corrected chi connectivity index (χ0v) is 14.4. The number of piperidine rings is 1. The largest absolute Gasteiger partial charge is 0.329 e. The van der Waals surface area contributed by atoms with E-state index in [9.17, 15) is 8.42 Å². The van der Waals surface area contributed by atoms with Crippen molar-refractivity contribution in [1.82, 2.24) is 9.29 Å². The summed E-state index contributed by atoms with van der Waals surface area (Å²) >= 11 is 0. The molecule has 6 heteroatoms. The molecule has 2 heterocycles. The van der Waals surface area contributed by atoms with Crippen LogP contribution in [0.4, 0.5) is 0 Å². The van der Waals surface area contributed by atoms with Gasteiger partial charge in [-0.25, -0.2) is 8.42 Å². The molecule has 0 aliphatic carbocycles. The highest BCUT2D eigenvalue weighted by atomic mass is 32.2. The third-order valence-electron chi connectivity index (χ3n) is 4.59. The normalized spacial score (nSPS) is 23.3. The number of nitrogens with zero attached hydrogens (tertiary/aromatic N) is 2. The Bertz CT molecular complexity index is 820. The fourth-order valence-electron chi connectivity index (χ4n) is 3.34. The maximum atomic E-state index is 13.2. The van der Waals surface area contributed by atoms with Crippen LogP contribution in [0.15, 0.2) is 35.4 Å². The summed E-state index contributed by atoms with van der Waals surface area (Å²) in [4.78, 5) is 4.65. The second-order valence-electron chi connectivity index (χ2n) is 6.48. The minimum Gasteiger partial charge on any atom is -0.329 e. The van der Waals surface area contributed by atoms with Crippen LogP contribution in [-0.4, -0.2) is 36.8 Å². The maximum Gasteiger partial charge on any atom is 0.245 e. The smallest absolute Gasteiger partial charge is 0.245 e. The predicted molar refractivity (Wildman–Crippen MR) is 91.6 cm³/mol. The highest BCUT2D eigenvalue weighted by Gasteiger charge is 2.35. The molecular weight excluding hydrogens is 310 g/mol. The Labute approximate surface area is 137 Å². The first-order valence-corrected chi connectivity index (χ1v) is 9.44. The van der Waals surface area contributed by atoms with Crippen LogP contribution in [0.2, 0.25) is 0 Å². The summed E-state index contributed by atoms with van der Waals surface area (Å²) in [5.41, 5.74) is 7.39. The molecule has 2 unspecified atom stereocenters. The van der Waals surface area contributed by atoms with E-state index in [1.807, 2.05) is 19.1 Å². The minimum absolute atomic E-state index is 0.135. The first-order valence-electron chi connectivity index (χ1n) is 8.00. The van der Waals surface area contributed by atoms with Crippen molar-refractivity contribution in [1.29, 1.82) is 0 Å². The van der Waals surface area contributed by atoms with E-state index < -0.39 is 10.0 Å². The lowest BCUT2D eigenvalue weighted by atomic mass is 9.94. The van der Waals surface area contributed by atoms with Gasteiger partial charge in [-0.2, -0.15) is 4.31 Å². The van der Waals surface area contributed by atoms with E-state index in [1.54, 1.807) is 22.6 Å². The van der Waals surface area contributed by atoms with E-state index in [1.165, 1.54) is 0 Å². The van der Waals surface area contributed by atoms with Crippen molar-refractivity contribution in [2.75, 3.05) is 13.1 Å². The molecule has 5 nitrogen and oxygen atoms in total. The van der Waals surface area contributed by atoms with Gasteiger partial charge in [-0.15, -0.1) is 0 Å². The SMILES string of the molecule is Cc1cnc2c(S(=O)(=O)N3CCC(C)CC3CN)cccc2c1. The van der Waals surface area contributed by atoms with Crippen molar-refractivity contribution in [3.8, 4) is 0 Å². The third-order valence-corrected chi connectivity index (χ3v) is 6.58. The van der Waals surface area contributed by atoms with Crippen LogP contribution >= 0.6 is 0 Å². The second kappa shape index (κ2) is 6.19. The van der Waals surface area contributed by atoms with Crippen molar-refractivity contribution in [3.63, 3.8) is 0 Å². The third kappa shape index (κ3) is 2.98. The topological polar surface area (TPSA) is 76.3 Å². The molecular formula is C17H23N3O2S. The number of para-hydroxylation sites is 1. The van der Waals surface area contributed by atoms with Gasteiger partial charge in [0.05, 0.1) is 5.52 Å². The number of hydrogen-bond donors (Lipinski definition) is 1. The van der Waals surface area contributed by atoms with Gasteiger partial charge in [0.1, 0.15) is 4.90 Å². The summed E-state index contributed by atoms with van der Waals surface area (Å²) in [7, 11) is -3.60. The second-order valence-corrected chi connectivity index (χ2v) is 8.33. The fraction of sp³-hybridized carbons (Fsp3) is 0.471. The zero-order valence-electron chi connectivity index (χ0n) is 13.6. The van der Waals surface area contributed by atoms with E-state index in [0.29, 0.717) is 24.5 Å². The Hall–Kier alpha value is -1.50. The summed E-state index contributed by atoms with van der Waals surface area (Å²) in [5.74, 6) is 0.503. The number of nitrogens with two attached hydrogens (primary N) is 1. The van der Waals surface area contributed by atoms with Crippen molar-refractivity contribution < 1.29 is 8.42 Å². The molecule has 23 heavy (non-hydrogen) atoms. The van der Waals surface area contributed by atoms with Crippen molar-refractivity contribution in [2.45, 2.75) is 37.6 Å².